The van der Waals surface area contributed by atoms with Gasteiger partial charge in [0.25, 0.3) is 0 Å². The van der Waals surface area contributed by atoms with Crippen LogP contribution in [0.25, 0.3) is 50.7 Å². The highest BCUT2D eigenvalue weighted by Gasteiger charge is 2.32. The second-order valence-electron chi connectivity index (χ2n) is 22.8. The molecule has 4 aromatic carbocycles. The third-order valence-corrected chi connectivity index (χ3v) is 15.8. The van der Waals surface area contributed by atoms with Gasteiger partial charge in [-0.2, -0.15) is 25.3 Å². The second kappa shape index (κ2) is 27.7. The van der Waals surface area contributed by atoms with E-state index < -0.39 is 0 Å². The number of hydrogen-bond donors (Lipinski definition) is 4. The number of aryl methyl sites for hydroxylation is 2. The predicted molar refractivity (Wildman–Crippen MR) is 347 cm³/mol. The van der Waals surface area contributed by atoms with Gasteiger partial charge in [0, 0.05) is 58.3 Å². The number of ether oxygens (including phenoxy) is 4. The van der Waals surface area contributed by atoms with E-state index in [-0.39, 0.29) is 41.3 Å². The van der Waals surface area contributed by atoms with Gasteiger partial charge >= 0.3 is 0 Å². The van der Waals surface area contributed by atoms with E-state index >= 15 is 0 Å². The Kier molecular flexibility index (Phi) is 18.0. The first-order chi connectivity index (χ1) is 45.9. The smallest absolute Gasteiger partial charge is 0.249 e. The molecule has 94 heavy (non-hydrogen) atoms. The molecule has 0 aliphatic heterocycles. The Hall–Kier alpha value is -11.9. The molecule has 15 rings (SSSR count). The molecule has 8 aromatic heterocycles. The minimum Gasteiger partial charge on any atom is -0.493 e. The number of carbonyl (C=O) groups excluding carboxylic acids is 3. The SMILES string of the molecule is Cc1n[nH]c(C)c1CCOc1ccc(-c2cccc3nc(NC(=O)C4CC4)nn23)cc1.N#Cc1ccc(COc2ccc(-c3cccc4nc(NC(=O)C5CC5)nn34)cc2)cn1.O=C(Nc1nc2cccc(-c3ccc(OCCOc4ccc(F)cc4)cc3)n2n1)C1CC1. The minimum atomic E-state index is -0.297. The fraction of sp³-hybridized carbons (Fsp3) is 0.229. The zero-order valence-electron chi connectivity index (χ0n) is 51.3. The number of nitrogens with zero attached hydrogens (tertiary/aromatic N) is 12. The second-order valence-corrected chi connectivity index (χ2v) is 22.8. The third kappa shape index (κ3) is 15.1. The summed E-state index contributed by atoms with van der Waals surface area (Å²) in [5.41, 5.74) is 12.1. The number of benzene rings is 4. The molecule has 472 valence electrons. The van der Waals surface area contributed by atoms with Gasteiger partial charge in [-0.25, -0.2) is 22.9 Å². The number of halogens is 1. The monoisotopic (exact) mass is 1260 g/mol. The minimum absolute atomic E-state index is 0.000217. The number of pyridine rings is 4. The van der Waals surface area contributed by atoms with Gasteiger partial charge in [-0.3, -0.25) is 35.4 Å². The first kappa shape index (κ1) is 61.0. The summed E-state index contributed by atoms with van der Waals surface area (Å²) in [5, 5.41) is 37.9. The summed E-state index contributed by atoms with van der Waals surface area (Å²) < 4.78 is 41.1. The normalized spacial score (nSPS) is 13.2. The van der Waals surface area contributed by atoms with Gasteiger partial charge in [-0.1, -0.05) is 24.3 Å². The van der Waals surface area contributed by atoms with Crippen molar-refractivity contribution in [1.29, 1.82) is 5.26 Å². The summed E-state index contributed by atoms with van der Waals surface area (Å²) >= 11 is 0. The average molecular weight is 1260 g/mol. The van der Waals surface area contributed by atoms with Gasteiger partial charge in [0.15, 0.2) is 16.9 Å². The molecule has 4 N–H and O–H groups in total. The van der Waals surface area contributed by atoms with Crippen molar-refractivity contribution in [1.82, 2.24) is 59.0 Å². The molecule has 3 amide bonds. The quantitative estimate of drug-likeness (QED) is 0.0487. The Morgan fingerprint density at radius 3 is 1.28 bits per heavy atom. The lowest BCUT2D eigenvalue weighted by atomic mass is 10.1. The lowest BCUT2D eigenvalue weighted by Crippen LogP contribution is -2.14. The molecule has 23 nitrogen and oxygen atoms in total. The Morgan fingerprint density at radius 1 is 0.521 bits per heavy atom. The van der Waals surface area contributed by atoms with Gasteiger partial charge in [-0.05, 0) is 197 Å². The average Bonchev–Trinajstić information content (AvgIpc) is 1.69. The molecule has 0 radical (unpaired) electrons. The van der Waals surface area contributed by atoms with Crippen LogP contribution in [0, 0.1) is 48.7 Å². The summed E-state index contributed by atoms with van der Waals surface area (Å²) in [6, 6.07) is 51.8. The molecular formula is C70H63FN16O7. The molecule has 3 aliphatic rings. The van der Waals surface area contributed by atoms with E-state index in [1.54, 1.807) is 37.9 Å². The maximum atomic E-state index is 12.9. The summed E-state index contributed by atoms with van der Waals surface area (Å²) in [6.07, 6.45) is 8.05. The van der Waals surface area contributed by atoms with Crippen LogP contribution in [0.4, 0.5) is 22.2 Å². The summed E-state index contributed by atoms with van der Waals surface area (Å²) in [6.45, 7) is 5.68. The standard InChI is InChI=1S/C24H21FN4O3.C23H24N6O2.C23H18N6O2/c25-18-8-12-20(13-9-18)32-15-14-31-19-10-6-16(7-11-19)21-2-1-3-22-26-24(28-29(21)22)27-23(30)17-4-5-17;1-14-19(15(2)27-26-14)12-13-31-18-10-8-16(9-11-18)20-4-3-5-21-24-23(28-29(20)21)25-22(30)17-6-7-17;24-12-18-9-4-15(13-25-18)14-31-19-10-7-16(8-11-19)20-2-1-3-21-26-23(28-29(20)21)27-22(30)17-5-6-17/h1-3,6-13,17H,4-5,14-15H2,(H,27,28,30);3-5,8-11,17H,6-7,12-13H2,1-2H3,(H,26,27)(H,25,28,30);1-4,7-11,13,17H,5-6,14H2,(H,27,28,30). The lowest BCUT2D eigenvalue weighted by Gasteiger charge is -2.09. The fourth-order valence-corrected chi connectivity index (χ4v) is 10.2. The number of H-pyrrole nitrogens is 1. The van der Waals surface area contributed by atoms with Crippen LogP contribution in [0.3, 0.4) is 0 Å². The largest absolute Gasteiger partial charge is 0.493 e. The van der Waals surface area contributed by atoms with Crippen LogP contribution in [-0.4, -0.2) is 96.5 Å². The highest BCUT2D eigenvalue weighted by molar-refractivity contribution is 5.94. The number of aromatic nitrogens is 12. The molecular weight excluding hydrogens is 1200 g/mol. The molecule has 12 aromatic rings. The van der Waals surface area contributed by atoms with Crippen LogP contribution < -0.4 is 34.9 Å². The van der Waals surface area contributed by atoms with E-state index in [1.807, 2.05) is 153 Å². The van der Waals surface area contributed by atoms with Crippen molar-refractivity contribution in [2.24, 2.45) is 17.8 Å². The van der Waals surface area contributed by atoms with Crippen molar-refractivity contribution in [2.75, 3.05) is 35.8 Å². The number of nitriles is 1. The molecule has 0 saturated heterocycles. The van der Waals surface area contributed by atoms with E-state index in [1.165, 1.54) is 17.7 Å². The Morgan fingerprint density at radius 2 is 0.915 bits per heavy atom. The number of nitrogens with one attached hydrogen (secondary N) is 4. The van der Waals surface area contributed by atoms with Crippen molar-refractivity contribution < 1.29 is 37.7 Å². The predicted octanol–water partition coefficient (Wildman–Crippen LogP) is 11.6. The van der Waals surface area contributed by atoms with Crippen molar-refractivity contribution in [2.45, 2.75) is 65.4 Å². The van der Waals surface area contributed by atoms with Crippen molar-refractivity contribution in [3.05, 3.63) is 204 Å². The van der Waals surface area contributed by atoms with Gasteiger partial charge < -0.3 is 18.9 Å². The summed E-state index contributed by atoms with van der Waals surface area (Å²) in [5.74, 6) is 3.77. The number of amides is 3. The molecule has 0 atom stereocenters. The molecule has 0 spiro atoms. The summed E-state index contributed by atoms with van der Waals surface area (Å²) in [4.78, 5) is 53.3. The Labute approximate surface area is 538 Å². The van der Waals surface area contributed by atoms with E-state index in [0.717, 1.165) is 107 Å². The van der Waals surface area contributed by atoms with Gasteiger partial charge in [0.2, 0.25) is 35.6 Å². The molecule has 24 heteroatoms. The molecule has 3 aliphatic carbocycles. The van der Waals surface area contributed by atoms with E-state index in [9.17, 15) is 18.8 Å². The maximum absolute atomic E-state index is 12.9. The number of carbonyl (C=O) groups is 3. The summed E-state index contributed by atoms with van der Waals surface area (Å²) in [7, 11) is 0. The molecule has 0 bridgehead atoms. The van der Waals surface area contributed by atoms with Crippen LogP contribution in [-0.2, 0) is 27.4 Å². The molecule has 3 fully saturated rings. The van der Waals surface area contributed by atoms with Gasteiger partial charge in [0.1, 0.15) is 60.4 Å². The van der Waals surface area contributed by atoms with E-state index in [0.29, 0.717) is 78.4 Å². The highest BCUT2D eigenvalue weighted by Crippen LogP contribution is 2.33. The van der Waals surface area contributed by atoms with Crippen LogP contribution in [0.2, 0.25) is 0 Å². The number of fused-ring (bicyclic) bond motifs is 3. The van der Waals surface area contributed by atoms with Crippen LogP contribution >= 0.6 is 0 Å². The third-order valence-electron chi connectivity index (χ3n) is 15.8. The Bertz CT molecular complexity index is 4690. The first-order valence-corrected chi connectivity index (χ1v) is 30.9. The maximum Gasteiger partial charge on any atom is 0.249 e. The van der Waals surface area contributed by atoms with E-state index in [2.05, 4.69) is 61.4 Å². The Balaban J connectivity index is 0.000000128. The number of rotatable bonds is 21. The van der Waals surface area contributed by atoms with Crippen molar-refractivity contribution in [3.8, 4) is 62.8 Å². The molecule has 8 heterocycles. The number of hydrogen-bond acceptors (Lipinski definition) is 16. The zero-order valence-corrected chi connectivity index (χ0v) is 51.3. The van der Waals surface area contributed by atoms with Crippen LogP contribution in [0.15, 0.2) is 170 Å². The highest BCUT2D eigenvalue weighted by atomic mass is 19.1. The zero-order chi connectivity index (χ0) is 64.5. The topological polar surface area (TPSA) is 280 Å². The lowest BCUT2D eigenvalue weighted by molar-refractivity contribution is -0.118. The number of anilines is 3. The molecule has 3 saturated carbocycles. The van der Waals surface area contributed by atoms with Gasteiger partial charge in [0.05, 0.1) is 29.4 Å². The molecule has 0 unspecified atom stereocenters. The van der Waals surface area contributed by atoms with Crippen molar-refractivity contribution >= 4 is 52.5 Å². The van der Waals surface area contributed by atoms with Crippen molar-refractivity contribution in [3.63, 3.8) is 0 Å². The van der Waals surface area contributed by atoms with Crippen LogP contribution in [0.5, 0.6) is 23.0 Å². The van der Waals surface area contributed by atoms with Crippen LogP contribution in [0.1, 0.15) is 66.7 Å². The van der Waals surface area contributed by atoms with E-state index in [4.69, 9.17) is 24.2 Å². The number of aromatic amines is 1. The van der Waals surface area contributed by atoms with Gasteiger partial charge in [-0.15, -0.1) is 15.3 Å². The first-order valence-electron chi connectivity index (χ1n) is 30.9. The fourth-order valence-electron chi connectivity index (χ4n) is 10.2.